The molecule has 1 aliphatic heterocycles. The van der Waals surface area contributed by atoms with Gasteiger partial charge < -0.3 is 4.90 Å². The first-order valence-corrected chi connectivity index (χ1v) is 14.9. The summed E-state index contributed by atoms with van der Waals surface area (Å²) in [7, 11) is -3.07. The number of aryl methyl sites for hydroxylation is 2. The number of nitrogens with zero attached hydrogens (tertiary/aromatic N) is 3. The summed E-state index contributed by atoms with van der Waals surface area (Å²) in [5.41, 5.74) is 0.943. The van der Waals surface area contributed by atoms with Crippen molar-refractivity contribution in [1.82, 2.24) is 14.5 Å². The van der Waals surface area contributed by atoms with Gasteiger partial charge in [0.15, 0.2) is 15.0 Å². The minimum atomic E-state index is -3.07. The maximum Gasteiger partial charge on any atom is 0.263 e. The number of thioether (sulfide) groups is 1. The number of hydrogen-bond donors (Lipinski definition) is 0. The van der Waals surface area contributed by atoms with Gasteiger partial charge in [-0.3, -0.25) is 14.2 Å². The van der Waals surface area contributed by atoms with Gasteiger partial charge in [-0.2, -0.15) is 0 Å². The van der Waals surface area contributed by atoms with Crippen molar-refractivity contribution in [3.05, 3.63) is 20.8 Å². The Hall–Kier alpha value is -1.39. The summed E-state index contributed by atoms with van der Waals surface area (Å²) in [6, 6.07) is -0.250. The van der Waals surface area contributed by atoms with Gasteiger partial charge in [-0.1, -0.05) is 38.5 Å². The van der Waals surface area contributed by atoms with E-state index in [1.165, 1.54) is 23.1 Å². The molecule has 3 heterocycles. The van der Waals surface area contributed by atoms with Gasteiger partial charge in [0.05, 0.1) is 22.6 Å². The fraction of sp³-hybridized carbons (Fsp3) is 0.682. The molecule has 178 valence electrons. The summed E-state index contributed by atoms with van der Waals surface area (Å²) in [5.74, 6) is 0.257. The number of thiophene rings is 1. The highest BCUT2D eigenvalue weighted by molar-refractivity contribution is 7.99. The Balaban J connectivity index is 1.85. The minimum absolute atomic E-state index is 0.0371. The molecule has 7 nitrogen and oxygen atoms in total. The zero-order valence-corrected chi connectivity index (χ0v) is 21.8. The number of fused-ring (bicyclic) bond motifs is 1. The highest BCUT2D eigenvalue weighted by Gasteiger charge is 2.34. The molecule has 1 unspecified atom stereocenters. The standard InChI is InChI=1S/C22H33N3O4S3/c1-5-7-10-24(17-9-12-32(28,29)14-17)18(26)13-30-22-23-20-19(15(3)16(4)31-20)21(27)25(22)11-8-6-2/h17H,5-14H2,1-4H3. The highest BCUT2D eigenvalue weighted by Crippen LogP contribution is 2.29. The van der Waals surface area contributed by atoms with E-state index in [2.05, 4.69) is 13.8 Å². The van der Waals surface area contributed by atoms with Gasteiger partial charge in [-0.15, -0.1) is 11.3 Å². The Morgan fingerprint density at radius 1 is 1.25 bits per heavy atom. The Kier molecular flexibility index (Phi) is 8.43. The topological polar surface area (TPSA) is 89.3 Å². The molecule has 0 radical (unpaired) electrons. The van der Waals surface area contributed by atoms with Crippen LogP contribution >= 0.6 is 23.1 Å². The van der Waals surface area contributed by atoms with Gasteiger partial charge >= 0.3 is 0 Å². The molecule has 1 aliphatic rings. The first-order chi connectivity index (χ1) is 15.2. The number of amides is 1. The number of unbranched alkanes of at least 4 members (excludes halogenated alkanes) is 2. The van der Waals surface area contributed by atoms with E-state index in [-0.39, 0.29) is 34.8 Å². The molecule has 0 saturated carbocycles. The first kappa shape index (κ1) is 25.2. The maximum absolute atomic E-state index is 13.2. The van der Waals surface area contributed by atoms with Crippen molar-refractivity contribution in [1.29, 1.82) is 0 Å². The van der Waals surface area contributed by atoms with Crippen LogP contribution in [-0.4, -0.2) is 58.6 Å². The maximum atomic E-state index is 13.2. The van der Waals surface area contributed by atoms with Crippen LogP contribution in [0.3, 0.4) is 0 Å². The largest absolute Gasteiger partial charge is 0.338 e. The van der Waals surface area contributed by atoms with E-state index in [0.717, 1.165) is 41.0 Å². The summed E-state index contributed by atoms with van der Waals surface area (Å²) in [6.45, 7) is 9.22. The molecule has 1 saturated heterocycles. The molecule has 0 N–H and O–H groups in total. The fourth-order valence-corrected chi connectivity index (χ4v) is 7.71. The van der Waals surface area contributed by atoms with E-state index in [1.807, 2.05) is 13.8 Å². The number of aromatic nitrogens is 2. The van der Waals surface area contributed by atoms with E-state index in [4.69, 9.17) is 4.98 Å². The molecule has 2 aromatic heterocycles. The lowest BCUT2D eigenvalue weighted by atomic mass is 10.2. The fourth-order valence-electron chi connectivity index (χ4n) is 4.00. The lowest BCUT2D eigenvalue weighted by molar-refractivity contribution is -0.130. The predicted octanol–water partition coefficient (Wildman–Crippen LogP) is 3.78. The van der Waals surface area contributed by atoms with E-state index < -0.39 is 9.84 Å². The lowest BCUT2D eigenvalue weighted by Gasteiger charge is -2.28. The van der Waals surface area contributed by atoms with Gasteiger partial charge in [0.1, 0.15) is 4.83 Å². The van der Waals surface area contributed by atoms with Crippen LogP contribution in [0.4, 0.5) is 0 Å². The quantitative estimate of drug-likeness (QED) is 0.365. The smallest absolute Gasteiger partial charge is 0.263 e. The molecule has 1 fully saturated rings. The molecule has 32 heavy (non-hydrogen) atoms. The number of carbonyl (C=O) groups excluding carboxylic acids is 1. The average molecular weight is 500 g/mol. The molecular formula is C22H33N3O4S3. The molecule has 0 spiro atoms. The highest BCUT2D eigenvalue weighted by atomic mass is 32.2. The monoisotopic (exact) mass is 499 g/mol. The predicted molar refractivity (Wildman–Crippen MR) is 133 cm³/mol. The summed E-state index contributed by atoms with van der Waals surface area (Å²) < 4.78 is 25.6. The van der Waals surface area contributed by atoms with Crippen LogP contribution in [0.25, 0.3) is 10.2 Å². The Labute approximate surface area is 198 Å². The van der Waals surface area contributed by atoms with E-state index >= 15 is 0 Å². The van der Waals surface area contributed by atoms with E-state index in [0.29, 0.717) is 30.1 Å². The molecule has 1 amide bonds. The van der Waals surface area contributed by atoms with Gasteiger partial charge in [-0.25, -0.2) is 13.4 Å². The summed E-state index contributed by atoms with van der Waals surface area (Å²) in [5, 5.41) is 1.25. The molecule has 0 bridgehead atoms. The van der Waals surface area contributed by atoms with Crippen LogP contribution in [0, 0.1) is 13.8 Å². The van der Waals surface area contributed by atoms with E-state index in [1.54, 1.807) is 9.47 Å². The molecule has 2 aromatic rings. The van der Waals surface area contributed by atoms with Crippen molar-refractivity contribution in [2.24, 2.45) is 0 Å². The normalized spacial score (nSPS) is 17.8. The van der Waals surface area contributed by atoms with Crippen molar-refractivity contribution >= 4 is 49.1 Å². The molecular weight excluding hydrogens is 466 g/mol. The zero-order valence-electron chi connectivity index (χ0n) is 19.3. The number of hydrogen-bond acceptors (Lipinski definition) is 7. The zero-order chi connectivity index (χ0) is 23.5. The van der Waals surface area contributed by atoms with Crippen LogP contribution in [0.15, 0.2) is 9.95 Å². The minimum Gasteiger partial charge on any atom is -0.338 e. The average Bonchev–Trinajstić information content (AvgIpc) is 3.24. The second-order valence-electron chi connectivity index (χ2n) is 8.45. The second-order valence-corrected chi connectivity index (χ2v) is 12.8. The Bertz CT molecular complexity index is 1140. The summed E-state index contributed by atoms with van der Waals surface area (Å²) in [6.07, 6.45) is 4.09. The summed E-state index contributed by atoms with van der Waals surface area (Å²) >= 11 is 2.80. The van der Waals surface area contributed by atoms with Crippen molar-refractivity contribution in [2.45, 2.75) is 77.5 Å². The molecule has 1 atom stereocenters. The van der Waals surface area contributed by atoms with Crippen molar-refractivity contribution in [3.63, 3.8) is 0 Å². The van der Waals surface area contributed by atoms with Gasteiger partial charge in [0.25, 0.3) is 5.56 Å². The number of carbonyl (C=O) groups is 1. The molecule has 10 heteroatoms. The summed E-state index contributed by atoms with van der Waals surface area (Å²) in [4.78, 5) is 34.7. The Morgan fingerprint density at radius 2 is 1.97 bits per heavy atom. The molecule has 3 rings (SSSR count). The van der Waals surface area contributed by atoms with Crippen LogP contribution in [0.2, 0.25) is 0 Å². The molecule has 0 aromatic carbocycles. The van der Waals surface area contributed by atoms with Crippen LogP contribution in [-0.2, 0) is 21.2 Å². The van der Waals surface area contributed by atoms with Crippen LogP contribution in [0.1, 0.15) is 56.4 Å². The third-order valence-corrected chi connectivity index (χ3v) is 9.85. The molecule has 0 aliphatic carbocycles. The van der Waals surface area contributed by atoms with E-state index in [9.17, 15) is 18.0 Å². The first-order valence-electron chi connectivity index (χ1n) is 11.3. The van der Waals surface area contributed by atoms with Crippen molar-refractivity contribution in [2.75, 3.05) is 23.8 Å². The SMILES string of the molecule is CCCCN(C(=O)CSc1nc2sc(C)c(C)c2c(=O)n1CCCC)C1CCS(=O)(=O)C1. The van der Waals surface area contributed by atoms with Crippen LogP contribution in [0.5, 0.6) is 0 Å². The van der Waals surface area contributed by atoms with Gasteiger partial charge in [-0.05, 0) is 38.7 Å². The van der Waals surface area contributed by atoms with Crippen molar-refractivity contribution in [3.8, 4) is 0 Å². The second kappa shape index (κ2) is 10.7. The van der Waals surface area contributed by atoms with Crippen LogP contribution < -0.4 is 5.56 Å². The number of rotatable bonds is 10. The van der Waals surface area contributed by atoms with Crippen molar-refractivity contribution < 1.29 is 13.2 Å². The van der Waals surface area contributed by atoms with Gasteiger partial charge in [0, 0.05) is 24.0 Å². The van der Waals surface area contributed by atoms with Gasteiger partial charge in [0.2, 0.25) is 5.91 Å². The third kappa shape index (κ3) is 5.56. The third-order valence-electron chi connectivity index (χ3n) is 6.04. The number of sulfone groups is 1. The Morgan fingerprint density at radius 3 is 2.59 bits per heavy atom. The lowest BCUT2D eigenvalue weighted by Crippen LogP contribution is -2.42.